The lowest BCUT2D eigenvalue weighted by molar-refractivity contribution is 0.398. The van der Waals surface area contributed by atoms with Crippen molar-refractivity contribution in [2.75, 3.05) is 12.4 Å². The number of ether oxygens (including phenoxy) is 1. The van der Waals surface area contributed by atoms with Crippen molar-refractivity contribution in [1.29, 1.82) is 0 Å². The Kier molecular flexibility index (Phi) is 4.71. The zero-order valence-electron chi connectivity index (χ0n) is 15.2. The maximum Gasteiger partial charge on any atom is 0.227 e. The van der Waals surface area contributed by atoms with E-state index in [1.165, 1.54) is 12.4 Å². The molecule has 0 saturated carbocycles. The molecular formula is C19H16FN7O. The molecule has 0 amide bonds. The molecule has 0 radical (unpaired) electrons. The highest BCUT2D eigenvalue weighted by Crippen LogP contribution is 2.26. The number of alkyl halides is 1. The van der Waals surface area contributed by atoms with Crippen LogP contribution < -0.4 is 10.1 Å². The van der Waals surface area contributed by atoms with Gasteiger partial charge in [-0.2, -0.15) is 0 Å². The molecule has 0 fully saturated rings. The van der Waals surface area contributed by atoms with Crippen molar-refractivity contribution in [2.24, 2.45) is 0 Å². The Morgan fingerprint density at radius 2 is 1.82 bits per heavy atom. The maximum atomic E-state index is 12.6. The largest absolute Gasteiger partial charge is 0.481 e. The minimum Gasteiger partial charge on any atom is -0.481 e. The quantitative estimate of drug-likeness (QED) is 0.565. The average molecular weight is 377 g/mol. The molecule has 9 heteroatoms. The van der Waals surface area contributed by atoms with Crippen LogP contribution in [0.25, 0.3) is 22.6 Å². The summed E-state index contributed by atoms with van der Waals surface area (Å²) >= 11 is 0. The lowest BCUT2D eigenvalue weighted by Gasteiger charge is -2.09. The van der Waals surface area contributed by atoms with Gasteiger partial charge in [-0.15, -0.1) is 0 Å². The predicted octanol–water partition coefficient (Wildman–Crippen LogP) is 3.41. The predicted molar refractivity (Wildman–Crippen MR) is 102 cm³/mol. The van der Waals surface area contributed by atoms with Gasteiger partial charge < -0.3 is 10.1 Å². The van der Waals surface area contributed by atoms with Crippen molar-refractivity contribution in [3.63, 3.8) is 0 Å². The number of aryl methyl sites for hydroxylation is 1. The number of aromatic nitrogens is 6. The Hall–Kier alpha value is -3.75. The zero-order chi connectivity index (χ0) is 19.5. The fourth-order valence-electron chi connectivity index (χ4n) is 2.63. The number of anilines is 2. The van der Waals surface area contributed by atoms with E-state index in [1.54, 1.807) is 31.6 Å². The van der Waals surface area contributed by atoms with E-state index in [0.29, 0.717) is 45.6 Å². The third-order valence-electron chi connectivity index (χ3n) is 4.08. The lowest BCUT2D eigenvalue weighted by Crippen LogP contribution is -2.01. The van der Waals surface area contributed by atoms with Gasteiger partial charge >= 0.3 is 0 Å². The number of hydrogen-bond acceptors (Lipinski definition) is 8. The van der Waals surface area contributed by atoms with E-state index in [-0.39, 0.29) is 0 Å². The van der Waals surface area contributed by atoms with Crippen LogP contribution in [0.2, 0.25) is 0 Å². The molecule has 4 aromatic heterocycles. The number of pyridine rings is 2. The summed E-state index contributed by atoms with van der Waals surface area (Å²) < 4.78 is 17.8. The fraction of sp³-hybridized carbons (Fsp3) is 0.158. The van der Waals surface area contributed by atoms with Crippen molar-refractivity contribution in [1.82, 2.24) is 29.9 Å². The molecule has 0 aromatic carbocycles. The van der Waals surface area contributed by atoms with E-state index < -0.39 is 6.67 Å². The van der Waals surface area contributed by atoms with Crippen LogP contribution in [0.5, 0.6) is 5.88 Å². The smallest absolute Gasteiger partial charge is 0.227 e. The molecular weight excluding hydrogens is 361 g/mol. The van der Waals surface area contributed by atoms with Crippen LogP contribution in [-0.4, -0.2) is 37.0 Å². The van der Waals surface area contributed by atoms with Gasteiger partial charge in [-0.05, 0) is 18.6 Å². The summed E-state index contributed by atoms with van der Waals surface area (Å²) in [6.07, 6.45) is 6.11. The van der Waals surface area contributed by atoms with E-state index in [2.05, 4.69) is 35.2 Å². The molecule has 0 atom stereocenters. The first-order chi connectivity index (χ1) is 13.7. The monoisotopic (exact) mass is 377 g/mol. The number of rotatable bonds is 5. The van der Waals surface area contributed by atoms with E-state index in [4.69, 9.17) is 4.74 Å². The van der Waals surface area contributed by atoms with Crippen LogP contribution in [0.1, 0.15) is 11.1 Å². The second-order valence-electron chi connectivity index (χ2n) is 5.98. The van der Waals surface area contributed by atoms with Gasteiger partial charge in [0.25, 0.3) is 0 Å². The normalized spacial score (nSPS) is 10.8. The number of nitrogens with zero attached hydrogens (tertiary/aromatic N) is 6. The molecule has 0 aliphatic heterocycles. The number of nitrogens with one attached hydrogen (secondary N) is 1. The summed E-state index contributed by atoms with van der Waals surface area (Å²) in [4.78, 5) is 26.0. The Morgan fingerprint density at radius 3 is 2.57 bits per heavy atom. The van der Waals surface area contributed by atoms with Gasteiger partial charge in [-0.25, -0.2) is 34.3 Å². The van der Waals surface area contributed by atoms with Gasteiger partial charge in [0.15, 0.2) is 5.65 Å². The van der Waals surface area contributed by atoms with Gasteiger partial charge in [0.2, 0.25) is 11.8 Å². The molecule has 4 rings (SSSR count). The molecule has 0 unspecified atom stereocenters. The Morgan fingerprint density at radius 1 is 1.00 bits per heavy atom. The minimum absolute atomic E-state index is 0.334. The third kappa shape index (κ3) is 3.41. The second-order valence-corrected chi connectivity index (χ2v) is 5.98. The molecule has 28 heavy (non-hydrogen) atoms. The van der Waals surface area contributed by atoms with E-state index in [9.17, 15) is 4.39 Å². The zero-order valence-corrected chi connectivity index (χ0v) is 15.2. The molecule has 4 aromatic rings. The summed E-state index contributed by atoms with van der Waals surface area (Å²) in [5, 5.41) is 3.06. The average Bonchev–Trinajstić information content (AvgIpc) is 2.74. The number of halogens is 1. The lowest BCUT2D eigenvalue weighted by atomic mass is 10.1. The van der Waals surface area contributed by atoms with Crippen LogP contribution in [0.3, 0.4) is 0 Å². The van der Waals surface area contributed by atoms with E-state index in [1.807, 2.05) is 13.0 Å². The highest BCUT2D eigenvalue weighted by atomic mass is 19.1. The molecule has 0 spiro atoms. The summed E-state index contributed by atoms with van der Waals surface area (Å²) in [5.74, 6) is 0.834. The molecule has 1 N–H and O–H groups in total. The summed E-state index contributed by atoms with van der Waals surface area (Å²) in [6.45, 7) is 1.34. The van der Waals surface area contributed by atoms with Crippen molar-refractivity contribution in [3.8, 4) is 17.3 Å². The van der Waals surface area contributed by atoms with Crippen LogP contribution in [-0.2, 0) is 6.67 Å². The Bertz CT molecular complexity index is 1130. The first-order valence-corrected chi connectivity index (χ1v) is 8.45. The Balaban J connectivity index is 1.72. The third-order valence-corrected chi connectivity index (χ3v) is 4.08. The number of fused-ring (bicyclic) bond motifs is 1. The number of hydrogen-bond donors (Lipinski definition) is 1. The second kappa shape index (κ2) is 7.47. The standard InChI is InChI=1S/C19H16FN7O/c1-11-3-4-15(28-2)27-16(11)14-10-22-17-13(5-6-21-18(17)25-14)26-19-23-8-12(7-20)9-24-19/h3-6,8-10H,7H2,1-2H3,(H,21,23,24,25,26). The highest BCUT2D eigenvalue weighted by Gasteiger charge is 2.12. The van der Waals surface area contributed by atoms with Crippen LogP contribution in [0, 0.1) is 6.92 Å². The van der Waals surface area contributed by atoms with Crippen LogP contribution in [0.4, 0.5) is 16.0 Å². The van der Waals surface area contributed by atoms with E-state index in [0.717, 1.165) is 5.56 Å². The van der Waals surface area contributed by atoms with Crippen LogP contribution in [0.15, 0.2) is 43.0 Å². The Labute approximate surface area is 159 Å². The SMILES string of the molecule is COc1ccc(C)c(-c2cnc3c(Nc4ncc(CF)cn4)ccnc3n2)n1. The van der Waals surface area contributed by atoms with Gasteiger partial charge in [0.05, 0.1) is 24.7 Å². The topological polar surface area (TPSA) is 98.6 Å². The molecule has 140 valence electrons. The summed E-state index contributed by atoms with van der Waals surface area (Å²) in [5.41, 5.74) is 4.29. The van der Waals surface area contributed by atoms with Gasteiger partial charge in [-0.3, -0.25) is 0 Å². The fourth-order valence-corrected chi connectivity index (χ4v) is 2.63. The van der Waals surface area contributed by atoms with Gasteiger partial charge in [0, 0.05) is 30.2 Å². The minimum atomic E-state index is -0.607. The summed E-state index contributed by atoms with van der Waals surface area (Å²) in [6, 6.07) is 5.46. The van der Waals surface area contributed by atoms with E-state index >= 15 is 0 Å². The van der Waals surface area contributed by atoms with Crippen LogP contribution >= 0.6 is 0 Å². The molecule has 0 bridgehead atoms. The van der Waals surface area contributed by atoms with Crippen molar-refractivity contribution in [2.45, 2.75) is 13.6 Å². The van der Waals surface area contributed by atoms with Gasteiger partial charge in [0.1, 0.15) is 17.9 Å². The first kappa shape index (κ1) is 17.7. The first-order valence-electron chi connectivity index (χ1n) is 8.45. The maximum absolute atomic E-state index is 12.6. The molecule has 0 aliphatic carbocycles. The van der Waals surface area contributed by atoms with Gasteiger partial charge in [-0.1, -0.05) is 6.07 Å². The van der Waals surface area contributed by atoms with Crippen molar-refractivity contribution >= 4 is 22.8 Å². The molecule has 0 aliphatic rings. The molecule has 4 heterocycles. The van der Waals surface area contributed by atoms with Crippen molar-refractivity contribution < 1.29 is 9.13 Å². The van der Waals surface area contributed by atoms with Crippen molar-refractivity contribution in [3.05, 3.63) is 54.1 Å². The summed E-state index contributed by atoms with van der Waals surface area (Å²) in [7, 11) is 1.56. The molecule has 0 saturated heterocycles. The highest BCUT2D eigenvalue weighted by molar-refractivity contribution is 5.87. The number of methoxy groups -OCH3 is 1. The molecule has 8 nitrogen and oxygen atoms in total.